The topological polar surface area (TPSA) is 65.2 Å². The SMILES string of the molecule is COC(=O)c1c(-c2cncc(F)c2)noc1C. The molecule has 0 bridgehead atoms. The molecule has 0 aliphatic heterocycles. The van der Waals surface area contributed by atoms with Gasteiger partial charge in [0.2, 0.25) is 0 Å². The van der Waals surface area contributed by atoms with Crippen molar-refractivity contribution in [1.82, 2.24) is 10.1 Å². The van der Waals surface area contributed by atoms with Gasteiger partial charge in [-0.15, -0.1) is 0 Å². The molecule has 0 aromatic carbocycles. The fraction of sp³-hybridized carbons (Fsp3) is 0.182. The van der Waals surface area contributed by atoms with Gasteiger partial charge in [0.05, 0.1) is 13.3 Å². The van der Waals surface area contributed by atoms with Crippen LogP contribution in [0.15, 0.2) is 23.0 Å². The van der Waals surface area contributed by atoms with Crippen LogP contribution in [-0.4, -0.2) is 23.2 Å². The summed E-state index contributed by atoms with van der Waals surface area (Å²) in [5.41, 5.74) is 0.767. The smallest absolute Gasteiger partial charge is 0.343 e. The van der Waals surface area contributed by atoms with Gasteiger partial charge in [0.1, 0.15) is 22.8 Å². The molecule has 2 rings (SSSR count). The lowest BCUT2D eigenvalue weighted by Gasteiger charge is -2.00. The van der Waals surface area contributed by atoms with E-state index in [1.165, 1.54) is 19.4 Å². The maximum Gasteiger partial charge on any atom is 0.343 e. The Kier molecular flexibility index (Phi) is 2.86. The number of hydrogen-bond donors (Lipinski definition) is 0. The Hall–Kier alpha value is -2.24. The van der Waals surface area contributed by atoms with Gasteiger partial charge in [0, 0.05) is 11.8 Å². The van der Waals surface area contributed by atoms with E-state index in [2.05, 4.69) is 14.9 Å². The van der Waals surface area contributed by atoms with Crippen molar-refractivity contribution in [2.75, 3.05) is 7.11 Å². The summed E-state index contributed by atoms with van der Waals surface area (Å²) in [6.45, 7) is 1.58. The molecule has 0 amide bonds. The van der Waals surface area contributed by atoms with E-state index in [9.17, 15) is 9.18 Å². The summed E-state index contributed by atoms with van der Waals surface area (Å²) >= 11 is 0. The number of aryl methyl sites for hydroxylation is 1. The summed E-state index contributed by atoms with van der Waals surface area (Å²) in [4.78, 5) is 15.2. The Labute approximate surface area is 96.2 Å². The third-order valence-corrected chi connectivity index (χ3v) is 2.23. The Bertz CT molecular complexity index is 566. The predicted octanol–water partition coefficient (Wildman–Crippen LogP) is 1.97. The van der Waals surface area contributed by atoms with Crippen LogP contribution in [0.25, 0.3) is 11.3 Å². The van der Waals surface area contributed by atoms with Crippen LogP contribution >= 0.6 is 0 Å². The zero-order chi connectivity index (χ0) is 12.4. The van der Waals surface area contributed by atoms with Gasteiger partial charge in [-0.3, -0.25) is 4.98 Å². The third kappa shape index (κ3) is 2.01. The largest absolute Gasteiger partial charge is 0.465 e. The van der Waals surface area contributed by atoms with E-state index < -0.39 is 11.8 Å². The number of esters is 1. The number of rotatable bonds is 2. The number of halogens is 1. The first kappa shape index (κ1) is 11.3. The number of carbonyl (C=O) groups is 1. The minimum Gasteiger partial charge on any atom is -0.465 e. The van der Waals surface area contributed by atoms with Crippen LogP contribution in [0.4, 0.5) is 4.39 Å². The fourth-order valence-corrected chi connectivity index (χ4v) is 1.45. The molecule has 0 radical (unpaired) electrons. The van der Waals surface area contributed by atoms with Crippen LogP contribution in [0.5, 0.6) is 0 Å². The van der Waals surface area contributed by atoms with E-state index in [4.69, 9.17) is 4.52 Å². The first-order valence-corrected chi connectivity index (χ1v) is 4.79. The number of pyridine rings is 1. The molecule has 0 saturated heterocycles. The number of hydrogen-bond acceptors (Lipinski definition) is 5. The molecule has 0 aliphatic rings. The lowest BCUT2D eigenvalue weighted by atomic mass is 10.1. The average molecular weight is 236 g/mol. The van der Waals surface area contributed by atoms with E-state index in [0.29, 0.717) is 11.3 Å². The standard InChI is InChI=1S/C11H9FN2O3/c1-6-9(11(15)16-2)10(14-17-6)7-3-8(12)5-13-4-7/h3-5H,1-2H3. The van der Waals surface area contributed by atoms with E-state index in [1.807, 2.05) is 0 Å². The van der Waals surface area contributed by atoms with Crippen molar-refractivity contribution in [2.45, 2.75) is 6.92 Å². The molecule has 2 heterocycles. The maximum atomic E-state index is 13.0. The monoisotopic (exact) mass is 236 g/mol. The summed E-state index contributed by atoms with van der Waals surface area (Å²) in [7, 11) is 1.25. The zero-order valence-electron chi connectivity index (χ0n) is 9.23. The normalized spacial score (nSPS) is 10.3. The third-order valence-electron chi connectivity index (χ3n) is 2.23. The average Bonchev–Trinajstić information content (AvgIpc) is 2.70. The van der Waals surface area contributed by atoms with Crippen LogP contribution in [0, 0.1) is 12.7 Å². The molecule has 2 aromatic rings. The van der Waals surface area contributed by atoms with Gasteiger partial charge in [0.25, 0.3) is 0 Å². The van der Waals surface area contributed by atoms with Crippen LogP contribution in [0.2, 0.25) is 0 Å². The van der Waals surface area contributed by atoms with E-state index in [1.54, 1.807) is 6.92 Å². The van der Waals surface area contributed by atoms with Gasteiger partial charge in [-0.05, 0) is 13.0 Å². The highest BCUT2D eigenvalue weighted by Crippen LogP contribution is 2.25. The van der Waals surface area contributed by atoms with Crippen molar-refractivity contribution in [3.8, 4) is 11.3 Å². The molecular formula is C11H9FN2O3. The summed E-state index contributed by atoms with van der Waals surface area (Å²) < 4.78 is 22.6. The van der Waals surface area contributed by atoms with E-state index in [-0.39, 0.29) is 11.3 Å². The molecule has 0 spiro atoms. The molecular weight excluding hydrogens is 227 g/mol. The van der Waals surface area contributed by atoms with E-state index in [0.717, 1.165) is 6.20 Å². The highest BCUT2D eigenvalue weighted by molar-refractivity contribution is 5.96. The molecule has 0 aliphatic carbocycles. The molecule has 2 aromatic heterocycles. The molecule has 0 saturated carbocycles. The molecule has 6 heteroatoms. The summed E-state index contributed by atoms with van der Waals surface area (Å²) in [5, 5.41) is 3.71. The molecule has 17 heavy (non-hydrogen) atoms. The molecule has 5 nitrogen and oxygen atoms in total. The minimum absolute atomic E-state index is 0.180. The summed E-state index contributed by atoms with van der Waals surface area (Å²) in [6, 6.07) is 1.22. The number of ether oxygens (including phenoxy) is 1. The Morgan fingerprint density at radius 3 is 2.88 bits per heavy atom. The molecule has 88 valence electrons. The van der Waals surface area contributed by atoms with Crippen molar-refractivity contribution >= 4 is 5.97 Å². The first-order chi connectivity index (χ1) is 8.13. The Morgan fingerprint density at radius 1 is 1.47 bits per heavy atom. The molecule has 0 N–H and O–H groups in total. The molecule has 0 atom stereocenters. The highest BCUT2D eigenvalue weighted by Gasteiger charge is 2.22. The first-order valence-electron chi connectivity index (χ1n) is 4.79. The van der Waals surface area contributed by atoms with Crippen molar-refractivity contribution in [3.63, 3.8) is 0 Å². The van der Waals surface area contributed by atoms with Gasteiger partial charge in [0.15, 0.2) is 0 Å². The fourth-order valence-electron chi connectivity index (χ4n) is 1.45. The second kappa shape index (κ2) is 4.32. The Morgan fingerprint density at radius 2 is 2.24 bits per heavy atom. The zero-order valence-corrected chi connectivity index (χ0v) is 9.23. The molecule has 0 fully saturated rings. The predicted molar refractivity (Wildman–Crippen MR) is 55.8 cm³/mol. The van der Waals surface area contributed by atoms with Crippen LogP contribution in [-0.2, 0) is 4.74 Å². The second-order valence-corrected chi connectivity index (χ2v) is 3.35. The van der Waals surface area contributed by atoms with Gasteiger partial charge in [-0.2, -0.15) is 0 Å². The van der Waals surface area contributed by atoms with Gasteiger partial charge < -0.3 is 9.26 Å². The lowest BCUT2D eigenvalue weighted by Crippen LogP contribution is -2.03. The van der Waals surface area contributed by atoms with E-state index >= 15 is 0 Å². The maximum absolute atomic E-state index is 13.0. The van der Waals surface area contributed by atoms with Crippen molar-refractivity contribution in [2.24, 2.45) is 0 Å². The van der Waals surface area contributed by atoms with Crippen LogP contribution in [0.1, 0.15) is 16.1 Å². The van der Waals surface area contributed by atoms with Gasteiger partial charge in [-0.25, -0.2) is 9.18 Å². The van der Waals surface area contributed by atoms with Crippen LogP contribution < -0.4 is 0 Å². The highest BCUT2D eigenvalue weighted by atomic mass is 19.1. The quantitative estimate of drug-likeness (QED) is 0.746. The number of aromatic nitrogens is 2. The summed E-state index contributed by atoms with van der Waals surface area (Å²) in [6.07, 6.45) is 2.46. The van der Waals surface area contributed by atoms with Crippen molar-refractivity contribution in [1.29, 1.82) is 0 Å². The van der Waals surface area contributed by atoms with Gasteiger partial charge >= 0.3 is 5.97 Å². The Balaban J connectivity index is 2.57. The molecule has 0 unspecified atom stereocenters. The minimum atomic E-state index is -0.581. The summed E-state index contributed by atoms with van der Waals surface area (Å²) in [5.74, 6) is -0.780. The van der Waals surface area contributed by atoms with Gasteiger partial charge in [-0.1, -0.05) is 5.16 Å². The second-order valence-electron chi connectivity index (χ2n) is 3.35. The lowest BCUT2D eigenvalue weighted by molar-refractivity contribution is 0.0599. The number of methoxy groups -OCH3 is 1. The van der Waals surface area contributed by atoms with Crippen molar-refractivity contribution in [3.05, 3.63) is 35.6 Å². The number of nitrogens with zero attached hydrogens (tertiary/aromatic N) is 2. The van der Waals surface area contributed by atoms with Crippen molar-refractivity contribution < 1.29 is 18.4 Å². The number of carbonyl (C=O) groups excluding carboxylic acids is 1. The van der Waals surface area contributed by atoms with Crippen LogP contribution in [0.3, 0.4) is 0 Å².